The van der Waals surface area contributed by atoms with E-state index in [1.165, 1.54) is 50.1 Å². The molecule has 9 rings (SSSR count). The van der Waals surface area contributed by atoms with Crippen LogP contribution in [0.25, 0.3) is 33.4 Å². The Bertz CT molecular complexity index is 2090. The number of rotatable bonds is 3. The topological polar surface area (TPSA) is 36.9 Å². The Morgan fingerprint density at radius 3 is 1.29 bits per heavy atom. The predicted molar refractivity (Wildman–Crippen MR) is 200 cm³/mol. The molecule has 0 radical (unpaired) electrons. The van der Waals surface area contributed by atoms with Gasteiger partial charge in [-0.2, -0.15) is 0 Å². The Balaban J connectivity index is 1.20. The zero-order valence-electron chi connectivity index (χ0n) is 29.7. The molecule has 0 atom stereocenters. The lowest BCUT2D eigenvalue weighted by Gasteiger charge is -2.32. The summed E-state index contributed by atoms with van der Waals surface area (Å²) in [6, 6.07) is 40.4. The van der Waals surface area contributed by atoms with Gasteiger partial charge in [0.1, 0.15) is 0 Å². The summed E-state index contributed by atoms with van der Waals surface area (Å²) in [4.78, 5) is 0. The van der Waals surface area contributed by atoms with Crippen molar-refractivity contribution in [1.29, 1.82) is 0 Å². The molecule has 0 bridgehead atoms. The fourth-order valence-electron chi connectivity index (χ4n) is 8.27. The molecule has 2 saturated heterocycles. The molecule has 0 saturated carbocycles. The van der Waals surface area contributed by atoms with Gasteiger partial charge in [-0.1, -0.05) is 103 Å². The van der Waals surface area contributed by atoms with E-state index < -0.39 is 23.7 Å². The van der Waals surface area contributed by atoms with E-state index in [2.05, 4.69) is 165 Å². The molecule has 0 aromatic heterocycles. The Kier molecular flexibility index (Phi) is 6.39. The van der Waals surface area contributed by atoms with E-state index in [0.29, 0.717) is 0 Å². The third-order valence-corrected chi connectivity index (χ3v) is 12.4. The van der Waals surface area contributed by atoms with Gasteiger partial charge in [-0.05, 0) is 128 Å². The van der Waals surface area contributed by atoms with Gasteiger partial charge in [-0.25, -0.2) is 0 Å². The molecule has 5 aromatic rings. The average molecular weight is 644 g/mol. The fraction of sp³-hybridized carbons (Fsp3) is 0.302. The molecule has 0 amide bonds. The highest BCUT2D eigenvalue weighted by molar-refractivity contribution is 6.62. The van der Waals surface area contributed by atoms with Crippen LogP contribution in [0.4, 0.5) is 0 Å². The molecule has 6 heteroatoms. The van der Waals surface area contributed by atoms with E-state index in [-0.39, 0.29) is 18.3 Å². The zero-order chi connectivity index (χ0) is 34.1. The van der Waals surface area contributed by atoms with Crippen molar-refractivity contribution in [3.63, 3.8) is 0 Å². The van der Waals surface area contributed by atoms with E-state index in [9.17, 15) is 0 Å². The smallest absolute Gasteiger partial charge is 0.399 e. The minimum Gasteiger partial charge on any atom is -0.399 e. The van der Waals surface area contributed by atoms with Crippen molar-refractivity contribution < 1.29 is 18.6 Å². The predicted octanol–water partition coefficient (Wildman–Crippen LogP) is 8.30. The third kappa shape index (κ3) is 4.21. The fourth-order valence-corrected chi connectivity index (χ4v) is 8.27. The second-order valence-corrected chi connectivity index (χ2v) is 16.2. The Hall–Kier alpha value is -3.93. The van der Waals surface area contributed by atoms with Gasteiger partial charge in [0.15, 0.2) is 0 Å². The van der Waals surface area contributed by atoms with Crippen molar-refractivity contribution in [2.75, 3.05) is 0 Å². The summed E-state index contributed by atoms with van der Waals surface area (Å²) < 4.78 is 25.9. The van der Waals surface area contributed by atoms with Gasteiger partial charge in [0, 0.05) is 0 Å². The number of hydrogen-bond donors (Lipinski definition) is 0. The normalized spacial score (nSPS) is 21.1. The summed E-state index contributed by atoms with van der Waals surface area (Å²) in [5, 5.41) is 0. The van der Waals surface area contributed by atoms with Crippen LogP contribution in [0.3, 0.4) is 0 Å². The molecule has 1 spiro atoms. The molecule has 49 heavy (non-hydrogen) atoms. The first-order valence-corrected chi connectivity index (χ1v) is 17.5. The van der Waals surface area contributed by atoms with Crippen LogP contribution in [0, 0.1) is 0 Å². The van der Waals surface area contributed by atoms with Crippen molar-refractivity contribution in [3.05, 3.63) is 131 Å². The van der Waals surface area contributed by atoms with Crippen molar-refractivity contribution >= 4 is 25.2 Å². The summed E-state index contributed by atoms with van der Waals surface area (Å²) >= 11 is 0. The molecule has 2 aliphatic heterocycles. The van der Waals surface area contributed by atoms with Crippen LogP contribution >= 0.6 is 0 Å². The largest absolute Gasteiger partial charge is 0.494 e. The molecular formula is C43H42B2O4. The minimum atomic E-state index is -0.476. The Morgan fingerprint density at radius 1 is 0.367 bits per heavy atom. The van der Waals surface area contributed by atoms with Crippen LogP contribution in [0.1, 0.15) is 77.6 Å². The van der Waals surface area contributed by atoms with Gasteiger partial charge in [0.05, 0.1) is 27.8 Å². The highest BCUT2D eigenvalue weighted by Gasteiger charge is 2.55. The van der Waals surface area contributed by atoms with E-state index in [1.807, 2.05) is 0 Å². The number of benzene rings is 5. The molecule has 0 N–H and O–H groups in total. The number of fused-ring (bicyclic) bond motifs is 10. The van der Waals surface area contributed by atoms with Crippen LogP contribution in [0.2, 0.25) is 0 Å². The summed E-state index contributed by atoms with van der Waals surface area (Å²) in [6.07, 6.45) is 0. The molecule has 244 valence electrons. The van der Waals surface area contributed by atoms with Gasteiger partial charge >= 0.3 is 14.2 Å². The van der Waals surface area contributed by atoms with E-state index in [4.69, 9.17) is 18.6 Å². The van der Waals surface area contributed by atoms with Crippen molar-refractivity contribution in [2.24, 2.45) is 0 Å². The van der Waals surface area contributed by atoms with Crippen LogP contribution in [0.5, 0.6) is 0 Å². The molecular weight excluding hydrogens is 602 g/mol. The minimum absolute atomic E-state index is 0.379. The number of hydrogen-bond acceptors (Lipinski definition) is 4. The highest BCUT2D eigenvalue weighted by Crippen LogP contribution is 2.63. The van der Waals surface area contributed by atoms with Gasteiger partial charge in [0.25, 0.3) is 0 Å². The molecule has 0 unspecified atom stereocenters. The maximum absolute atomic E-state index is 6.58. The standard InChI is InChI=1S/C43H42B2O4/c1-39(2)40(3,4)47-44(46-39)29-20-17-27(18-21-29)28-19-23-33-34-24-22-30(45-48-41(5,6)42(7,8)49-45)26-38(34)43(37(33)25-28)35-15-11-9-13-31(35)32-14-10-12-16-36(32)43/h9-26H,1-8H3. The second-order valence-electron chi connectivity index (χ2n) is 16.2. The molecule has 5 aromatic carbocycles. The first kappa shape index (κ1) is 31.1. The maximum atomic E-state index is 6.58. The first-order valence-electron chi connectivity index (χ1n) is 17.5. The summed E-state index contributed by atoms with van der Waals surface area (Å²) in [7, 11) is -0.831. The third-order valence-electron chi connectivity index (χ3n) is 12.4. The second kappa shape index (κ2) is 10.1. The van der Waals surface area contributed by atoms with Gasteiger partial charge in [-0.3, -0.25) is 0 Å². The van der Waals surface area contributed by atoms with Crippen LogP contribution in [-0.4, -0.2) is 36.6 Å². The molecule has 2 aliphatic carbocycles. The summed E-state index contributed by atoms with van der Waals surface area (Å²) in [6.45, 7) is 16.8. The van der Waals surface area contributed by atoms with Crippen molar-refractivity contribution in [3.8, 4) is 33.4 Å². The van der Waals surface area contributed by atoms with Crippen LogP contribution < -0.4 is 10.9 Å². The Morgan fingerprint density at radius 2 is 0.755 bits per heavy atom. The molecule has 2 fully saturated rings. The van der Waals surface area contributed by atoms with Gasteiger partial charge in [0.2, 0.25) is 0 Å². The van der Waals surface area contributed by atoms with Gasteiger partial charge < -0.3 is 18.6 Å². The quantitative estimate of drug-likeness (QED) is 0.182. The highest BCUT2D eigenvalue weighted by atomic mass is 16.7. The van der Waals surface area contributed by atoms with E-state index in [0.717, 1.165) is 16.5 Å². The SMILES string of the molecule is CC1(C)OB(c2ccc(-c3ccc4c(c3)C3(c5ccccc5-c5ccccc53)c3cc(B5OC(C)(C)C(C)(C)O5)ccc3-4)cc2)OC1(C)C. The lowest BCUT2D eigenvalue weighted by atomic mass is 9.68. The van der Waals surface area contributed by atoms with Crippen LogP contribution in [0.15, 0.2) is 109 Å². The lowest BCUT2D eigenvalue weighted by Crippen LogP contribution is -2.41. The zero-order valence-corrected chi connectivity index (χ0v) is 29.7. The van der Waals surface area contributed by atoms with Crippen LogP contribution in [-0.2, 0) is 24.0 Å². The van der Waals surface area contributed by atoms with Crippen molar-refractivity contribution in [2.45, 2.75) is 83.2 Å². The van der Waals surface area contributed by atoms with Crippen molar-refractivity contribution in [1.82, 2.24) is 0 Å². The van der Waals surface area contributed by atoms with E-state index in [1.54, 1.807) is 0 Å². The molecule has 4 aliphatic rings. The van der Waals surface area contributed by atoms with Gasteiger partial charge in [-0.15, -0.1) is 0 Å². The maximum Gasteiger partial charge on any atom is 0.494 e. The average Bonchev–Trinajstić information content (AvgIpc) is 3.69. The summed E-state index contributed by atoms with van der Waals surface area (Å²) in [5.41, 5.74) is 12.6. The Labute approximate surface area is 291 Å². The lowest BCUT2D eigenvalue weighted by molar-refractivity contribution is 0.00578. The first-order chi connectivity index (χ1) is 23.2. The summed E-state index contributed by atoms with van der Waals surface area (Å²) in [5.74, 6) is 0. The monoisotopic (exact) mass is 644 g/mol. The molecule has 4 nitrogen and oxygen atoms in total. The van der Waals surface area contributed by atoms with E-state index >= 15 is 0 Å². The molecule has 2 heterocycles.